The van der Waals surface area contributed by atoms with Crippen LogP contribution in [0.1, 0.15) is 0 Å². The van der Waals surface area contributed by atoms with Crippen LogP contribution in [-0.2, 0) is 4.79 Å². The van der Waals surface area contributed by atoms with Crippen molar-refractivity contribution in [3.63, 3.8) is 0 Å². The molecule has 1 aliphatic heterocycles. The van der Waals surface area contributed by atoms with E-state index in [2.05, 4.69) is 4.99 Å². The molecule has 3 nitrogen and oxygen atoms in total. The summed E-state index contributed by atoms with van der Waals surface area (Å²) in [6, 6.07) is 0. The zero-order chi connectivity index (χ0) is 8.55. The van der Waals surface area contributed by atoms with Crippen LogP contribution in [0, 0.1) is 5.92 Å². The first-order valence-electron chi connectivity index (χ1n) is 3.65. The van der Waals surface area contributed by atoms with Crippen LogP contribution in [-0.4, -0.2) is 16.8 Å². The molecule has 0 saturated heterocycles. The van der Waals surface area contributed by atoms with Crippen LogP contribution in [0.5, 0.6) is 0 Å². The van der Waals surface area contributed by atoms with Gasteiger partial charge in [0.25, 0.3) is 0 Å². The van der Waals surface area contributed by atoms with E-state index in [9.17, 15) is 4.79 Å². The van der Waals surface area contributed by atoms with Crippen molar-refractivity contribution in [3.05, 3.63) is 36.1 Å². The minimum atomic E-state index is -0.884. The molecule has 0 bridgehead atoms. The Kier molecular flexibility index (Phi) is 1.43. The van der Waals surface area contributed by atoms with Gasteiger partial charge in [0.1, 0.15) is 0 Å². The zero-order valence-electron chi connectivity index (χ0n) is 6.27. The molecule has 2 aliphatic rings. The van der Waals surface area contributed by atoms with Crippen LogP contribution in [0.2, 0.25) is 0 Å². The topological polar surface area (TPSA) is 49.7 Å². The molecule has 60 valence electrons. The average molecular weight is 161 g/mol. The van der Waals surface area contributed by atoms with Crippen molar-refractivity contribution in [2.75, 3.05) is 0 Å². The molecular formula is C9H7NO2. The Balaban J connectivity index is 2.34. The third-order valence-corrected chi connectivity index (χ3v) is 1.90. The average Bonchev–Trinajstić information content (AvgIpc) is 2.49. The highest BCUT2D eigenvalue weighted by Gasteiger charge is 2.18. The number of hydrogen-bond donors (Lipinski definition) is 1. The van der Waals surface area contributed by atoms with E-state index in [4.69, 9.17) is 5.11 Å². The van der Waals surface area contributed by atoms with Crippen molar-refractivity contribution in [1.82, 2.24) is 0 Å². The van der Waals surface area contributed by atoms with Gasteiger partial charge in [-0.15, -0.1) is 0 Å². The zero-order valence-corrected chi connectivity index (χ0v) is 6.27. The lowest BCUT2D eigenvalue weighted by Gasteiger charge is -2.08. The number of allylic oxidation sites excluding steroid dienone is 3. The Morgan fingerprint density at radius 1 is 1.50 bits per heavy atom. The summed E-state index contributed by atoms with van der Waals surface area (Å²) < 4.78 is 0. The maximum Gasteiger partial charge on any atom is 0.335 e. The summed E-state index contributed by atoms with van der Waals surface area (Å²) in [6.45, 7) is 0. The molecule has 0 saturated carbocycles. The Morgan fingerprint density at radius 2 is 2.33 bits per heavy atom. The van der Waals surface area contributed by atoms with Gasteiger partial charge in [0.2, 0.25) is 0 Å². The van der Waals surface area contributed by atoms with E-state index in [1.54, 1.807) is 24.4 Å². The first-order valence-corrected chi connectivity index (χ1v) is 3.65. The summed E-state index contributed by atoms with van der Waals surface area (Å²) in [7, 11) is 0. The number of hydrogen-bond acceptors (Lipinski definition) is 2. The summed E-state index contributed by atoms with van der Waals surface area (Å²) in [5, 5.41) is 8.67. The molecule has 1 atom stereocenters. The van der Waals surface area contributed by atoms with Crippen molar-refractivity contribution < 1.29 is 9.90 Å². The van der Waals surface area contributed by atoms with Crippen LogP contribution >= 0.6 is 0 Å². The van der Waals surface area contributed by atoms with Crippen molar-refractivity contribution >= 4 is 11.7 Å². The van der Waals surface area contributed by atoms with Crippen LogP contribution in [0.25, 0.3) is 0 Å². The number of aliphatic imine (C=N–C) groups is 1. The molecule has 1 heterocycles. The molecule has 0 fully saturated rings. The Morgan fingerprint density at radius 3 is 3.08 bits per heavy atom. The standard InChI is InChI=1S/C9H7NO2/c11-9(12)7-1-2-8-6(5-7)3-4-10-8/h1-6H,(H,11,12). The van der Waals surface area contributed by atoms with Gasteiger partial charge in [0, 0.05) is 12.1 Å². The molecule has 0 amide bonds. The molecule has 0 aromatic rings. The molecule has 12 heavy (non-hydrogen) atoms. The minimum absolute atomic E-state index is 0.0705. The van der Waals surface area contributed by atoms with Gasteiger partial charge in [0.15, 0.2) is 0 Å². The van der Waals surface area contributed by atoms with E-state index < -0.39 is 5.97 Å². The third kappa shape index (κ3) is 0.993. The number of nitrogens with zero attached hydrogens (tertiary/aromatic N) is 1. The molecular weight excluding hydrogens is 154 g/mol. The van der Waals surface area contributed by atoms with Gasteiger partial charge < -0.3 is 5.11 Å². The highest BCUT2D eigenvalue weighted by Crippen LogP contribution is 2.20. The first-order chi connectivity index (χ1) is 5.77. The van der Waals surface area contributed by atoms with Crippen molar-refractivity contribution in [2.24, 2.45) is 10.9 Å². The predicted molar refractivity (Wildman–Crippen MR) is 44.9 cm³/mol. The molecule has 1 unspecified atom stereocenters. The predicted octanol–water partition coefficient (Wildman–Crippen LogP) is 1.15. The second-order valence-corrected chi connectivity index (χ2v) is 2.68. The maximum absolute atomic E-state index is 10.6. The number of carbonyl (C=O) groups is 1. The summed E-state index contributed by atoms with van der Waals surface area (Å²) in [6.07, 6.45) is 8.59. The number of carboxylic acid groups (broad SMARTS) is 1. The SMILES string of the molecule is O=C(O)C1=CC2C=CN=C2C=C1. The molecule has 3 heteroatoms. The Labute approximate surface area is 69.4 Å². The van der Waals surface area contributed by atoms with Gasteiger partial charge in [-0.2, -0.15) is 0 Å². The number of fused-ring (bicyclic) bond motifs is 1. The van der Waals surface area contributed by atoms with Crippen molar-refractivity contribution in [2.45, 2.75) is 0 Å². The third-order valence-electron chi connectivity index (χ3n) is 1.90. The molecule has 0 aromatic heterocycles. The lowest BCUT2D eigenvalue weighted by atomic mass is 9.95. The maximum atomic E-state index is 10.6. The van der Waals surface area contributed by atoms with Gasteiger partial charge in [0.05, 0.1) is 11.3 Å². The Bertz CT molecular complexity index is 348. The van der Waals surface area contributed by atoms with E-state index in [1.165, 1.54) is 0 Å². The number of aliphatic carboxylic acids is 1. The summed E-state index contributed by atoms with van der Waals surface area (Å²) in [4.78, 5) is 14.6. The van der Waals surface area contributed by atoms with Crippen LogP contribution < -0.4 is 0 Å². The van der Waals surface area contributed by atoms with Crippen LogP contribution in [0.4, 0.5) is 0 Å². The number of carboxylic acids is 1. The molecule has 0 aromatic carbocycles. The van der Waals surface area contributed by atoms with E-state index in [0.29, 0.717) is 5.57 Å². The summed E-state index contributed by atoms with van der Waals surface area (Å²) in [5.74, 6) is -0.813. The monoisotopic (exact) mass is 161 g/mol. The van der Waals surface area contributed by atoms with Gasteiger partial charge in [-0.1, -0.05) is 12.2 Å². The molecule has 0 radical (unpaired) electrons. The second-order valence-electron chi connectivity index (χ2n) is 2.68. The lowest BCUT2D eigenvalue weighted by molar-refractivity contribution is -0.132. The fourth-order valence-corrected chi connectivity index (χ4v) is 1.27. The lowest BCUT2D eigenvalue weighted by Crippen LogP contribution is -2.11. The van der Waals surface area contributed by atoms with E-state index in [-0.39, 0.29) is 5.92 Å². The molecule has 1 N–H and O–H groups in total. The largest absolute Gasteiger partial charge is 0.478 e. The van der Waals surface area contributed by atoms with E-state index >= 15 is 0 Å². The summed E-state index contributed by atoms with van der Waals surface area (Å²) >= 11 is 0. The highest BCUT2D eigenvalue weighted by atomic mass is 16.4. The minimum Gasteiger partial charge on any atom is -0.478 e. The Hall–Kier alpha value is -1.64. The summed E-state index contributed by atoms with van der Waals surface area (Å²) in [5.41, 5.74) is 1.26. The van der Waals surface area contributed by atoms with Gasteiger partial charge >= 0.3 is 5.97 Å². The molecule has 1 aliphatic carbocycles. The smallest absolute Gasteiger partial charge is 0.335 e. The van der Waals surface area contributed by atoms with Crippen molar-refractivity contribution in [3.8, 4) is 0 Å². The van der Waals surface area contributed by atoms with E-state index in [0.717, 1.165) is 5.71 Å². The fraction of sp³-hybridized carbons (Fsp3) is 0.111. The fourth-order valence-electron chi connectivity index (χ4n) is 1.27. The van der Waals surface area contributed by atoms with Gasteiger partial charge in [-0.25, -0.2) is 4.79 Å². The highest BCUT2D eigenvalue weighted by molar-refractivity contribution is 6.06. The van der Waals surface area contributed by atoms with E-state index in [1.807, 2.05) is 6.08 Å². The van der Waals surface area contributed by atoms with Crippen molar-refractivity contribution in [1.29, 1.82) is 0 Å². The van der Waals surface area contributed by atoms with Crippen LogP contribution in [0.3, 0.4) is 0 Å². The molecule has 2 rings (SSSR count). The molecule has 0 spiro atoms. The first kappa shape index (κ1) is 7.03. The number of rotatable bonds is 1. The second kappa shape index (κ2) is 2.44. The quantitative estimate of drug-likeness (QED) is 0.627. The van der Waals surface area contributed by atoms with Gasteiger partial charge in [-0.05, 0) is 12.2 Å². The normalized spacial score (nSPS) is 24.8. The van der Waals surface area contributed by atoms with Gasteiger partial charge in [-0.3, -0.25) is 4.99 Å². The van der Waals surface area contributed by atoms with Crippen LogP contribution in [0.15, 0.2) is 41.1 Å².